The number of piperazine rings is 1. The number of carbonyl (C=O) groups excluding carboxylic acids is 1. The second-order valence-corrected chi connectivity index (χ2v) is 12.7. The van der Waals surface area contributed by atoms with E-state index in [0.717, 1.165) is 27.9 Å². The standard InChI is InChI=1S/C40H36ClFN6O4/c1-25-29(26-8-5-4-6-9-26)10-7-11-30(25)34-15-12-27(39(46-34)51-3)23-47-16-18-48(19-17-47)40(49)52-37-21-31-35(22-36(37)50-2)43-24-44-38(31)45-28-13-14-33(42)32(41)20-28/h4-15,20-22,24H,16-19,23H2,1-3H3,(H,43,44,45). The number of rotatable bonds is 9. The summed E-state index contributed by atoms with van der Waals surface area (Å²) in [4.78, 5) is 30.9. The number of methoxy groups -OCH3 is 2. The van der Waals surface area contributed by atoms with E-state index in [2.05, 4.69) is 63.5 Å². The van der Waals surface area contributed by atoms with Crippen molar-refractivity contribution in [3.8, 4) is 39.8 Å². The Bertz CT molecular complexity index is 2250. The molecule has 1 amide bonds. The molecule has 1 aliphatic rings. The molecule has 1 aliphatic heterocycles. The van der Waals surface area contributed by atoms with Gasteiger partial charge in [0, 0.05) is 61.0 Å². The summed E-state index contributed by atoms with van der Waals surface area (Å²) in [6.07, 6.45) is 0.900. The molecule has 1 N–H and O–H groups in total. The summed E-state index contributed by atoms with van der Waals surface area (Å²) in [6, 6.07) is 28.3. The quantitative estimate of drug-likeness (QED) is 0.158. The summed E-state index contributed by atoms with van der Waals surface area (Å²) in [7, 11) is 3.14. The molecule has 264 valence electrons. The Hall–Kier alpha value is -5.78. The molecular formula is C40H36ClFN6O4. The van der Waals surface area contributed by atoms with Gasteiger partial charge in [-0.25, -0.2) is 24.1 Å². The van der Waals surface area contributed by atoms with Crippen LogP contribution in [0.4, 0.5) is 20.7 Å². The van der Waals surface area contributed by atoms with E-state index in [-0.39, 0.29) is 10.8 Å². The summed E-state index contributed by atoms with van der Waals surface area (Å²) in [5.74, 6) is 1.04. The third-order valence-electron chi connectivity index (χ3n) is 9.15. The first kappa shape index (κ1) is 34.7. The van der Waals surface area contributed by atoms with Crippen LogP contribution >= 0.6 is 11.6 Å². The number of pyridine rings is 1. The van der Waals surface area contributed by atoms with Crippen LogP contribution in [0.15, 0.2) is 97.3 Å². The zero-order valence-electron chi connectivity index (χ0n) is 28.9. The molecule has 7 rings (SSSR count). The smallest absolute Gasteiger partial charge is 0.415 e. The van der Waals surface area contributed by atoms with Gasteiger partial charge in [0.15, 0.2) is 11.5 Å². The van der Waals surface area contributed by atoms with Crippen LogP contribution in [0.5, 0.6) is 17.4 Å². The van der Waals surface area contributed by atoms with Gasteiger partial charge in [-0.3, -0.25) is 4.90 Å². The molecule has 0 saturated carbocycles. The molecule has 2 aromatic heterocycles. The van der Waals surface area contributed by atoms with Crippen LogP contribution in [0.25, 0.3) is 33.3 Å². The number of benzene rings is 4. The third kappa shape index (κ3) is 7.32. The fourth-order valence-corrected chi connectivity index (χ4v) is 6.54. The number of hydrogen-bond donors (Lipinski definition) is 1. The minimum Gasteiger partial charge on any atom is -0.493 e. The highest BCUT2D eigenvalue weighted by atomic mass is 35.5. The number of ether oxygens (including phenoxy) is 3. The number of aromatic nitrogens is 3. The lowest BCUT2D eigenvalue weighted by Gasteiger charge is -2.34. The first-order valence-corrected chi connectivity index (χ1v) is 17.1. The number of anilines is 2. The van der Waals surface area contributed by atoms with Crippen LogP contribution in [0, 0.1) is 12.7 Å². The van der Waals surface area contributed by atoms with Crippen molar-refractivity contribution in [2.24, 2.45) is 0 Å². The van der Waals surface area contributed by atoms with E-state index in [0.29, 0.717) is 66.8 Å². The van der Waals surface area contributed by atoms with Gasteiger partial charge in [-0.2, -0.15) is 0 Å². The topological polar surface area (TPSA) is 102 Å². The second-order valence-electron chi connectivity index (χ2n) is 12.3. The van der Waals surface area contributed by atoms with E-state index in [1.54, 1.807) is 30.2 Å². The molecule has 6 aromatic rings. The first-order valence-electron chi connectivity index (χ1n) is 16.7. The van der Waals surface area contributed by atoms with Crippen molar-refractivity contribution in [1.29, 1.82) is 0 Å². The monoisotopic (exact) mass is 718 g/mol. The maximum atomic E-state index is 13.7. The minimum absolute atomic E-state index is 0.0237. The average Bonchev–Trinajstić information content (AvgIpc) is 3.17. The molecule has 4 aromatic carbocycles. The molecule has 12 heteroatoms. The van der Waals surface area contributed by atoms with E-state index >= 15 is 0 Å². The van der Waals surface area contributed by atoms with Crippen LogP contribution in [0.1, 0.15) is 11.1 Å². The van der Waals surface area contributed by atoms with Gasteiger partial charge in [0.2, 0.25) is 5.88 Å². The summed E-state index contributed by atoms with van der Waals surface area (Å²) < 4.78 is 30.9. The number of nitrogens with zero attached hydrogens (tertiary/aromatic N) is 5. The number of carbonyl (C=O) groups is 1. The van der Waals surface area contributed by atoms with Crippen molar-refractivity contribution in [3.63, 3.8) is 0 Å². The van der Waals surface area contributed by atoms with Gasteiger partial charge in [-0.05, 0) is 53.9 Å². The van der Waals surface area contributed by atoms with E-state index in [4.69, 9.17) is 30.8 Å². The molecule has 0 bridgehead atoms. The molecule has 0 spiro atoms. The Labute approximate surface area is 305 Å². The SMILES string of the molecule is COc1cc2ncnc(Nc3ccc(F)c(Cl)c3)c2cc1OC(=O)N1CCN(Cc2ccc(-c3cccc(-c4ccccc4)c3C)nc2OC)CC1. The van der Waals surface area contributed by atoms with Gasteiger partial charge >= 0.3 is 6.09 Å². The lowest BCUT2D eigenvalue weighted by atomic mass is 9.94. The predicted molar refractivity (Wildman–Crippen MR) is 200 cm³/mol. The predicted octanol–water partition coefficient (Wildman–Crippen LogP) is 8.54. The van der Waals surface area contributed by atoms with Gasteiger partial charge in [0.05, 0.1) is 30.5 Å². The maximum absolute atomic E-state index is 13.7. The summed E-state index contributed by atoms with van der Waals surface area (Å²) in [5.41, 5.74) is 7.45. The molecule has 0 radical (unpaired) electrons. The molecule has 3 heterocycles. The van der Waals surface area contributed by atoms with E-state index in [1.165, 1.54) is 31.1 Å². The largest absolute Gasteiger partial charge is 0.493 e. The molecule has 52 heavy (non-hydrogen) atoms. The molecule has 0 unspecified atom stereocenters. The van der Waals surface area contributed by atoms with Crippen LogP contribution in [0.2, 0.25) is 5.02 Å². The Kier molecular flexibility index (Phi) is 10.1. The number of hydrogen-bond acceptors (Lipinski definition) is 9. The van der Waals surface area contributed by atoms with Crippen LogP contribution in [0.3, 0.4) is 0 Å². The zero-order valence-corrected chi connectivity index (χ0v) is 29.7. The lowest BCUT2D eigenvalue weighted by molar-refractivity contribution is 0.106. The Morgan fingerprint density at radius 1 is 0.865 bits per heavy atom. The molecule has 1 saturated heterocycles. The van der Waals surface area contributed by atoms with Gasteiger partial charge in [0.1, 0.15) is 18.0 Å². The summed E-state index contributed by atoms with van der Waals surface area (Å²) in [5, 5.41) is 3.69. The normalized spacial score (nSPS) is 13.2. The van der Waals surface area contributed by atoms with Crippen LogP contribution in [-0.4, -0.2) is 71.2 Å². The van der Waals surface area contributed by atoms with Crippen molar-refractivity contribution in [3.05, 3.63) is 119 Å². The number of fused-ring (bicyclic) bond motifs is 1. The van der Waals surface area contributed by atoms with E-state index in [9.17, 15) is 9.18 Å². The molecule has 0 atom stereocenters. The van der Waals surface area contributed by atoms with Crippen molar-refractivity contribution in [2.45, 2.75) is 13.5 Å². The van der Waals surface area contributed by atoms with Crippen LogP contribution in [-0.2, 0) is 6.54 Å². The van der Waals surface area contributed by atoms with Crippen molar-refractivity contribution >= 4 is 40.1 Å². The molecule has 10 nitrogen and oxygen atoms in total. The van der Waals surface area contributed by atoms with Crippen molar-refractivity contribution < 1.29 is 23.4 Å². The average molecular weight is 719 g/mol. The lowest BCUT2D eigenvalue weighted by Crippen LogP contribution is -2.49. The number of nitrogens with one attached hydrogen (secondary N) is 1. The highest BCUT2D eigenvalue weighted by molar-refractivity contribution is 6.31. The van der Waals surface area contributed by atoms with Gasteiger partial charge in [-0.1, -0.05) is 66.2 Å². The molecular weight excluding hydrogens is 683 g/mol. The Morgan fingerprint density at radius 3 is 2.40 bits per heavy atom. The number of halogens is 2. The Balaban J connectivity index is 1.02. The number of amides is 1. The van der Waals surface area contributed by atoms with E-state index in [1.807, 2.05) is 24.3 Å². The highest BCUT2D eigenvalue weighted by Gasteiger charge is 2.25. The summed E-state index contributed by atoms with van der Waals surface area (Å²) in [6.45, 7) is 4.95. The van der Waals surface area contributed by atoms with Gasteiger partial charge in [-0.15, -0.1) is 0 Å². The van der Waals surface area contributed by atoms with Gasteiger partial charge < -0.3 is 24.4 Å². The third-order valence-corrected chi connectivity index (χ3v) is 9.44. The highest BCUT2D eigenvalue weighted by Crippen LogP contribution is 2.36. The van der Waals surface area contributed by atoms with E-state index < -0.39 is 11.9 Å². The maximum Gasteiger partial charge on any atom is 0.415 e. The Morgan fingerprint density at radius 2 is 1.65 bits per heavy atom. The second kappa shape index (κ2) is 15.2. The fourth-order valence-electron chi connectivity index (χ4n) is 6.36. The van der Waals surface area contributed by atoms with Crippen molar-refractivity contribution in [1.82, 2.24) is 24.8 Å². The zero-order chi connectivity index (χ0) is 36.2. The molecule has 0 aliphatic carbocycles. The summed E-state index contributed by atoms with van der Waals surface area (Å²) >= 11 is 5.97. The fraction of sp³-hybridized carbons (Fsp3) is 0.200. The molecule has 1 fully saturated rings. The van der Waals surface area contributed by atoms with Crippen molar-refractivity contribution in [2.75, 3.05) is 45.7 Å². The van der Waals surface area contributed by atoms with Crippen LogP contribution < -0.4 is 19.5 Å². The first-order chi connectivity index (χ1) is 25.3. The van der Waals surface area contributed by atoms with Gasteiger partial charge in [0.25, 0.3) is 0 Å². The minimum atomic E-state index is -0.526.